The highest BCUT2D eigenvalue weighted by molar-refractivity contribution is 7.98. The highest BCUT2D eigenvalue weighted by Crippen LogP contribution is 2.65. The Bertz CT molecular complexity index is 1300. The molecule has 2 fully saturated rings. The van der Waals surface area contributed by atoms with Crippen molar-refractivity contribution < 1.29 is 5.11 Å². The molecule has 35 heavy (non-hydrogen) atoms. The minimum absolute atomic E-state index is 0.0493. The van der Waals surface area contributed by atoms with E-state index in [-0.39, 0.29) is 16.2 Å². The zero-order valence-corrected chi connectivity index (χ0v) is 22.8. The summed E-state index contributed by atoms with van der Waals surface area (Å²) in [5.41, 5.74) is 7.34. The molecule has 0 aromatic heterocycles. The van der Waals surface area contributed by atoms with Crippen LogP contribution in [0.2, 0.25) is 0 Å². The van der Waals surface area contributed by atoms with Gasteiger partial charge in [-0.3, -0.25) is 0 Å². The number of nitrogens with zero attached hydrogens (tertiary/aromatic N) is 1. The number of aromatic hydroxyl groups is 1. The van der Waals surface area contributed by atoms with Gasteiger partial charge < -0.3 is 10.0 Å². The molecule has 1 saturated heterocycles. The minimum Gasteiger partial charge on any atom is -0.507 e. The lowest BCUT2D eigenvalue weighted by Gasteiger charge is -2.51. The van der Waals surface area contributed by atoms with Crippen molar-refractivity contribution in [2.75, 3.05) is 24.2 Å². The summed E-state index contributed by atoms with van der Waals surface area (Å²) in [6.07, 6.45) is 9.50. The molecule has 2 nitrogen and oxygen atoms in total. The predicted molar refractivity (Wildman–Crippen MR) is 151 cm³/mol. The number of benzene rings is 3. The van der Waals surface area contributed by atoms with Crippen molar-refractivity contribution >= 4 is 28.2 Å². The Morgan fingerprint density at radius 3 is 2.17 bits per heavy atom. The molecular formula is C32H39NOS. The molecule has 0 amide bonds. The Hall–Kier alpha value is -2.13. The molecule has 1 aliphatic heterocycles. The average Bonchev–Trinajstić information content (AvgIpc) is 3.05. The summed E-state index contributed by atoms with van der Waals surface area (Å²) in [4.78, 5) is 3.85. The van der Waals surface area contributed by atoms with Crippen molar-refractivity contribution in [3.63, 3.8) is 0 Å². The Morgan fingerprint density at radius 1 is 0.800 bits per heavy atom. The summed E-state index contributed by atoms with van der Waals surface area (Å²) in [6.45, 7) is 12.0. The number of hydrogen-bond acceptors (Lipinski definition) is 3. The number of hydrogen-bond donors (Lipinski definition) is 1. The quantitative estimate of drug-likeness (QED) is 0.367. The third-order valence-electron chi connectivity index (χ3n) is 8.86. The van der Waals surface area contributed by atoms with Gasteiger partial charge in [-0.1, -0.05) is 52.0 Å². The van der Waals surface area contributed by atoms with Crippen LogP contribution in [0.5, 0.6) is 5.75 Å². The number of thioether (sulfide) groups is 1. The highest BCUT2D eigenvalue weighted by atomic mass is 32.2. The van der Waals surface area contributed by atoms with Crippen molar-refractivity contribution in [1.29, 1.82) is 0 Å². The average molecular weight is 486 g/mol. The Labute approximate surface area is 215 Å². The van der Waals surface area contributed by atoms with Crippen LogP contribution in [0, 0.1) is 10.8 Å². The number of phenolic OH excluding ortho intramolecular Hbond substituents is 1. The second-order valence-corrected chi connectivity index (χ2v) is 13.8. The van der Waals surface area contributed by atoms with Crippen LogP contribution in [0.3, 0.4) is 0 Å². The lowest BCUT2D eigenvalue weighted by Crippen LogP contribution is -2.43. The van der Waals surface area contributed by atoms with E-state index in [4.69, 9.17) is 0 Å². The first-order chi connectivity index (χ1) is 16.6. The topological polar surface area (TPSA) is 23.5 Å². The lowest BCUT2D eigenvalue weighted by molar-refractivity contribution is 0.0645. The van der Waals surface area contributed by atoms with E-state index in [0.29, 0.717) is 5.75 Å². The smallest absolute Gasteiger partial charge is 0.123 e. The number of piperidine rings is 1. The third kappa shape index (κ3) is 3.60. The molecule has 184 valence electrons. The second-order valence-electron chi connectivity index (χ2n) is 12.9. The molecule has 3 aromatic carbocycles. The van der Waals surface area contributed by atoms with Crippen molar-refractivity contribution in [2.45, 2.75) is 76.5 Å². The van der Waals surface area contributed by atoms with Crippen molar-refractivity contribution in [1.82, 2.24) is 0 Å². The Balaban J connectivity index is 1.67. The van der Waals surface area contributed by atoms with E-state index in [1.807, 2.05) is 0 Å². The molecule has 1 heterocycles. The van der Waals surface area contributed by atoms with E-state index in [9.17, 15) is 5.11 Å². The standard InChI is InChI=1S/C32H39NOS/c1-30(2)18-31(3,4)20-32(19-30)24-12-8-7-11-21(24)29-23-15-26(33-13-9-6-10-14-33)28(35-5)16-22(23)27(34)17-25(29)32/h7-8,11-12,15-17,34H,6,9-10,13-14,18-20H2,1-5H3. The summed E-state index contributed by atoms with van der Waals surface area (Å²) < 4.78 is 0. The van der Waals surface area contributed by atoms with Gasteiger partial charge in [0.25, 0.3) is 0 Å². The van der Waals surface area contributed by atoms with Crippen LogP contribution in [0.1, 0.15) is 77.3 Å². The number of anilines is 1. The lowest BCUT2D eigenvalue weighted by atomic mass is 9.52. The summed E-state index contributed by atoms with van der Waals surface area (Å²) >= 11 is 1.80. The molecule has 0 unspecified atom stereocenters. The van der Waals surface area contributed by atoms with E-state index in [1.165, 1.54) is 63.9 Å². The van der Waals surface area contributed by atoms with Gasteiger partial charge in [-0.15, -0.1) is 11.8 Å². The number of rotatable bonds is 2. The molecule has 2 aliphatic carbocycles. The van der Waals surface area contributed by atoms with Gasteiger partial charge >= 0.3 is 0 Å². The van der Waals surface area contributed by atoms with Crippen LogP contribution in [0.4, 0.5) is 5.69 Å². The largest absolute Gasteiger partial charge is 0.507 e. The first-order valence-electron chi connectivity index (χ1n) is 13.4. The minimum atomic E-state index is -0.0493. The molecule has 0 atom stereocenters. The summed E-state index contributed by atoms with van der Waals surface area (Å²) in [5.74, 6) is 0.438. The number of phenols is 1. The van der Waals surface area contributed by atoms with Gasteiger partial charge in [-0.05, 0) is 101 Å². The van der Waals surface area contributed by atoms with Gasteiger partial charge in [-0.2, -0.15) is 0 Å². The summed E-state index contributed by atoms with van der Waals surface area (Å²) in [5, 5.41) is 13.7. The molecule has 3 aromatic rings. The van der Waals surface area contributed by atoms with E-state index in [0.717, 1.165) is 31.3 Å². The van der Waals surface area contributed by atoms with E-state index < -0.39 is 0 Å². The molecule has 0 radical (unpaired) electrons. The van der Waals surface area contributed by atoms with Gasteiger partial charge in [0.15, 0.2) is 0 Å². The fourth-order valence-electron chi connectivity index (χ4n) is 8.39. The monoisotopic (exact) mass is 485 g/mol. The second kappa shape index (κ2) is 7.93. The van der Waals surface area contributed by atoms with Gasteiger partial charge in [0, 0.05) is 28.8 Å². The van der Waals surface area contributed by atoms with E-state index in [2.05, 4.69) is 81.3 Å². The Morgan fingerprint density at radius 2 is 1.49 bits per heavy atom. The first kappa shape index (κ1) is 23.3. The zero-order valence-electron chi connectivity index (χ0n) is 22.0. The fraction of sp³-hybridized carbons (Fsp3) is 0.500. The molecule has 1 N–H and O–H groups in total. The van der Waals surface area contributed by atoms with E-state index in [1.54, 1.807) is 11.8 Å². The maximum Gasteiger partial charge on any atom is 0.123 e. The van der Waals surface area contributed by atoms with Gasteiger partial charge in [-0.25, -0.2) is 0 Å². The molecule has 0 bridgehead atoms. The summed E-state index contributed by atoms with van der Waals surface area (Å²) in [7, 11) is 0. The molecule has 1 spiro atoms. The van der Waals surface area contributed by atoms with Gasteiger partial charge in [0.1, 0.15) is 5.75 Å². The molecule has 1 saturated carbocycles. The first-order valence-corrected chi connectivity index (χ1v) is 14.6. The van der Waals surface area contributed by atoms with Crippen molar-refractivity contribution in [3.05, 3.63) is 53.6 Å². The zero-order chi connectivity index (χ0) is 24.6. The van der Waals surface area contributed by atoms with Gasteiger partial charge in [0.05, 0.1) is 5.69 Å². The predicted octanol–water partition coefficient (Wildman–Crippen LogP) is 8.76. The normalized spacial score (nSPS) is 21.8. The van der Waals surface area contributed by atoms with Crippen LogP contribution in [-0.2, 0) is 5.41 Å². The van der Waals surface area contributed by atoms with Crippen molar-refractivity contribution in [2.24, 2.45) is 10.8 Å². The van der Waals surface area contributed by atoms with Gasteiger partial charge in [0.2, 0.25) is 0 Å². The number of fused-ring (bicyclic) bond motifs is 7. The molecule has 3 aliphatic rings. The molecule has 6 rings (SSSR count). The van der Waals surface area contributed by atoms with Crippen LogP contribution in [0.15, 0.2) is 47.4 Å². The van der Waals surface area contributed by atoms with Crippen LogP contribution < -0.4 is 4.90 Å². The Kier molecular flexibility index (Phi) is 5.28. The maximum atomic E-state index is 11.5. The highest BCUT2D eigenvalue weighted by Gasteiger charge is 2.53. The van der Waals surface area contributed by atoms with Crippen LogP contribution in [0.25, 0.3) is 21.9 Å². The SMILES string of the molecule is CSc1cc2c(O)cc3c(c2cc1N1CCCCC1)-c1ccccc1C31CC(C)(C)CC(C)(C)C1. The van der Waals surface area contributed by atoms with Crippen molar-refractivity contribution in [3.8, 4) is 16.9 Å². The summed E-state index contributed by atoms with van der Waals surface area (Å²) in [6, 6.07) is 15.9. The molecule has 3 heteroatoms. The van der Waals surface area contributed by atoms with Crippen LogP contribution in [-0.4, -0.2) is 24.5 Å². The fourth-order valence-corrected chi connectivity index (χ4v) is 9.03. The molecular weight excluding hydrogens is 446 g/mol. The third-order valence-corrected chi connectivity index (χ3v) is 9.62. The maximum absolute atomic E-state index is 11.5. The van der Waals surface area contributed by atoms with E-state index >= 15 is 0 Å². The van der Waals surface area contributed by atoms with Crippen LogP contribution >= 0.6 is 11.8 Å².